The van der Waals surface area contributed by atoms with Gasteiger partial charge in [0.05, 0.1) is 6.61 Å². The number of hydrogen-bond acceptors (Lipinski definition) is 6. The molecule has 0 radical (unpaired) electrons. The first-order chi connectivity index (χ1) is 7.88. The zero-order valence-electron chi connectivity index (χ0n) is 9.22. The van der Waals surface area contributed by atoms with Crippen LogP contribution in [0.15, 0.2) is 4.52 Å². The van der Waals surface area contributed by atoms with E-state index in [9.17, 15) is 0 Å². The second-order valence-electron chi connectivity index (χ2n) is 3.88. The fourth-order valence-corrected chi connectivity index (χ4v) is 1.68. The van der Waals surface area contributed by atoms with Gasteiger partial charge in [0, 0.05) is 26.2 Å². The summed E-state index contributed by atoms with van der Waals surface area (Å²) in [5.41, 5.74) is 5.30. The van der Waals surface area contributed by atoms with E-state index in [1.807, 2.05) is 0 Å². The van der Waals surface area contributed by atoms with Gasteiger partial charge in [-0.3, -0.25) is 0 Å². The van der Waals surface area contributed by atoms with E-state index < -0.39 is 0 Å². The van der Waals surface area contributed by atoms with Gasteiger partial charge in [-0.1, -0.05) is 5.16 Å². The Morgan fingerprint density at radius 2 is 2.44 bits per heavy atom. The van der Waals surface area contributed by atoms with E-state index in [0.29, 0.717) is 31.6 Å². The predicted molar refractivity (Wildman–Crippen MR) is 55.6 cm³/mol. The number of aromatic nitrogens is 2. The van der Waals surface area contributed by atoms with Crippen LogP contribution in [0.3, 0.4) is 0 Å². The fraction of sp³-hybridized carbons (Fsp3) is 0.800. The normalized spacial score (nSPS) is 20.4. The SMILES string of the molecule is NCCOCc1nc(CC2CCOC2)no1. The Hall–Kier alpha value is -0.980. The van der Waals surface area contributed by atoms with Crippen LogP contribution in [-0.4, -0.2) is 36.5 Å². The van der Waals surface area contributed by atoms with Crippen LogP contribution in [0, 0.1) is 5.92 Å². The highest BCUT2D eigenvalue weighted by atomic mass is 16.5. The molecule has 1 atom stereocenters. The van der Waals surface area contributed by atoms with Crippen LogP contribution >= 0.6 is 0 Å². The van der Waals surface area contributed by atoms with Crippen LogP contribution in [0.2, 0.25) is 0 Å². The molecule has 0 amide bonds. The maximum Gasteiger partial charge on any atom is 0.252 e. The zero-order valence-corrected chi connectivity index (χ0v) is 9.22. The zero-order chi connectivity index (χ0) is 11.2. The van der Waals surface area contributed by atoms with Crippen molar-refractivity contribution in [3.63, 3.8) is 0 Å². The van der Waals surface area contributed by atoms with Crippen molar-refractivity contribution in [3.8, 4) is 0 Å². The molecule has 1 aromatic rings. The van der Waals surface area contributed by atoms with Crippen LogP contribution in [0.4, 0.5) is 0 Å². The van der Waals surface area contributed by atoms with Crippen molar-refractivity contribution >= 4 is 0 Å². The standard InChI is InChI=1S/C10H17N3O3/c11-2-4-15-7-10-12-9(13-16-10)5-8-1-3-14-6-8/h8H,1-7,11H2. The van der Waals surface area contributed by atoms with Crippen molar-refractivity contribution in [2.24, 2.45) is 11.7 Å². The van der Waals surface area contributed by atoms with Crippen LogP contribution < -0.4 is 5.73 Å². The van der Waals surface area contributed by atoms with Gasteiger partial charge in [0.15, 0.2) is 5.82 Å². The minimum atomic E-state index is 0.339. The molecule has 1 aliphatic heterocycles. The lowest BCUT2D eigenvalue weighted by Crippen LogP contribution is -2.08. The van der Waals surface area contributed by atoms with E-state index in [2.05, 4.69) is 10.1 Å². The molecule has 0 bridgehead atoms. The molecule has 0 saturated carbocycles. The molecule has 1 aliphatic rings. The van der Waals surface area contributed by atoms with Crippen molar-refractivity contribution in [2.45, 2.75) is 19.4 Å². The summed E-state index contributed by atoms with van der Waals surface area (Å²) >= 11 is 0. The second kappa shape index (κ2) is 5.93. The molecule has 0 spiro atoms. The monoisotopic (exact) mass is 227 g/mol. The number of rotatable bonds is 6. The molecule has 2 rings (SSSR count). The summed E-state index contributed by atoms with van der Waals surface area (Å²) in [6, 6.07) is 0. The lowest BCUT2D eigenvalue weighted by Gasteiger charge is -2.01. The van der Waals surface area contributed by atoms with Gasteiger partial charge in [0.1, 0.15) is 6.61 Å². The largest absolute Gasteiger partial charge is 0.381 e. The summed E-state index contributed by atoms with van der Waals surface area (Å²) < 4.78 is 15.6. The Kier molecular flexibility index (Phi) is 4.26. The van der Waals surface area contributed by atoms with Crippen LogP contribution in [-0.2, 0) is 22.5 Å². The summed E-state index contributed by atoms with van der Waals surface area (Å²) in [5, 5.41) is 3.91. The first kappa shape index (κ1) is 11.5. The van der Waals surface area contributed by atoms with Gasteiger partial charge in [-0.2, -0.15) is 4.98 Å². The molecule has 16 heavy (non-hydrogen) atoms. The van der Waals surface area contributed by atoms with E-state index in [0.717, 1.165) is 31.9 Å². The summed E-state index contributed by atoms with van der Waals surface area (Å²) in [6.07, 6.45) is 1.90. The Bertz CT molecular complexity index is 310. The maximum atomic E-state index is 5.30. The Balaban J connectivity index is 1.77. The molecule has 0 aromatic carbocycles. The van der Waals surface area contributed by atoms with Crippen LogP contribution in [0.5, 0.6) is 0 Å². The minimum absolute atomic E-state index is 0.339. The molecule has 1 unspecified atom stereocenters. The predicted octanol–water partition coefficient (Wildman–Crippen LogP) is 0.124. The molecular formula is C10H17N3O3. The highest BCUT2D eigenvalue weighted by Gasteiger charge is 2.18. The van der Waals surface area contributed by atoms with Gasteiger partial charge in [0.25, 0.3) is 5.89 Å². The van der Waals surface area contributed by atoms with Crippen molar-refractivity contribution in [3.05, 3.63) is 11.7 Å². The van der Waals surface area contributed by atoms with E-state index in [1.54, 1.807) is 0 Å². The number of nitrogens with zero attached hydrogens (tertiary/aromatic N) is 2. The van der Waals surface area contributed by atoms with Gasteiger partial charge in [-0.25, -0.2) is 0 Å². The molecule has 1 fully saturated rings. The quantitative estimate of drug-likeness (QED) is 0.695. The maximum absolute atomic E-state index is 5.30. The summed E-state index contributed by atoms with van der Waals surface area (Å²) in [4.78, 5) is 4.25. The third-order valence-electron chi connectivity index (χ3n) is 2.49. The van der Waals surface area contributed by atoms with Crippen LogP contribution in [0.1, 0.15) is 18.1 Å². The summed E-state index contributed by atoms with van der Waals surface area (Å²) in [5.74, 6) is 1.78. The van der Waals surface area contributed by atoms with Gasteiger partial charge < -0.3 is 19.7 Å². The second-order valence-corrected chi connectivity index (χ2v) is 3.88. The van der Waals surface area contributed by atoms with E-state index >= 15 is 0 Å². The highest BCUT2D eigenvalue weighted by molar-refractivity contribution is 4.88. The topological polar surface area (TPSA) is 83.4 Å². The highest BCUT2D eigenvalue weighted by Crippen LogP contribution is 2.16. The number of nitrogens with two attached hydrogens (primary N) is 1. The van der Waals surface area contributed by atoms with Crippen molar-refractivity contribution in [2.75, 3.05) is 26.4 Å². The van der Waals surface area contributed by atoms with E-state index in [-0.39, 0.29) is 0 Å². The van der Waals surface area contributed by atoms with E-state index in [4.69, 9.17) is 19.7 Å². The summed E-state index contributed by atoms with van der Waals surface area (Å²) in [6.45, 7) is 2.99. The molecule has 2 N–H and O–H groups in total. The molecule has 1 aromatic heterocycles. The molecule has 1 saturated heterocycles. The first-order valence-electron chi connectivity index (χ1n) is 5.55. The molecule has 6 heteroatoms. The number of hydrogen-bond donors (Lipinski definition) is 1. The lowest BCUT2D eigenvalue weighted by atomic mass is 10.1. The Morgan fingerprint density at radius 3 is 3.19 bits per heavy atom. The van der Waals surface area contributed by atoms with Gasteiger partial charge in [-0.15, -0.1) is 0 Å². The average Bonchev–Trinajstić information content (AvgIpc) is 2.91. The fourth-order valence-electron chi connectivity index (χ4n) is 1.68. The molecule has 2 heterocycles. The summed E-state index contributed by atoms with van der Waals surface area (Å²) in [7, 11) is 0. The average molecular weight is 227 g/mol. The molecule has 6 nitrogen and oxygen atoms in total. The van der Waals surface area contributed by atoms with Crippen molar-refractivity contribution in [1.82, 2.24) is 10.1 Å². The Labute approximate surface area is 94.1 Å². The van der Waals surface area contributed by atoms with Crippen molar-refractivity contribution < 1.29 is 14.0 Å². The molecular weight excluding hydrogens is 210 g/mol. The third kappa shape index (κ3) is 3.26. The van der Waals surface area contributed by atoms with Crippen LogP contribution in [0.25, 0.3) is 0 Å². The smallest absolute Gasteiger partial charge is 0.252 e. The number of ether oxygens (including phenoxy) is 2. The van der Waals surface area contributed by atoms with Gasteiger partial charge >= 0.3 is 0 Å². The first-order valence-corrected chi connectivity index (χ1v) is 5.55. The van der Waals surface area contributed by atoms with Gasteiger partial charge in [-0.05, 0) is 12.3 Å². The van der Waals surface area contributed by atoms with Gasteiger partial charge in [0.2, 0.25) is 0 Å². The third-order valence-corrected chi connectivity index (χ3v) is 2.49. The van der Waals surface area contributed by atoms with E-state index in [1.165, 1.54) is 0 Å². The van der Waals surface area contributed by atoms with Crippen molar-refractivity contribution in [1.29, 1.82) is 0 Å². The minimum Gasteiger partial charge on any atom is -0.381 e. The molecule has 0 aliphatic carbocycles. The molecule has 90 valence electrons. The lowest BCUT2D eigenvalue weighted by molar-refractivity contribution is 0.104. The Morgan fingerprint density at radius 1 is 1.50 bits per heavy atom.